The first-order valence-electron chi connectivity index (χ1n) is 4.19. The Morgan fingerprint density at radius 2 is 1.94 bits per heavy atom. The number of hydrogen-bond acceptors (Lipinski definition) is 5. The van der Waals surface area contributed by atoms with Crippen LogP contribution in [0, 0.1) is 0 Å². The zero-order valence-corrected chi connectivity index (χ0v) is 7.94. The summed E-state index contributed by atoms with van der Waals surface area (Å²) >= 11 is 0. The first kappa shape index (κ1) is 12.1. The van der Waals surface area contributed by atoms with Crippen LogP contribution >= 0.6 is 0 Å². The van der Waals surface area contributed by atoms with Crippen molar-refractivity contribution in [1.82, 2.24) is 4.98 Å². The molecule has 2 atom stereocenters. The van der Waals surface area contributed by atoms with Gasteiger partial charge in [-0.05, 0) is 12.1 Å². The van der Waals surface area contributed by atoms with E-state index in [1.54, 1.807) is 0 Å². The van der Waals surface area contributed by atoms with Crippen molar-refractivity contribution in [3.05, 3.63) is 30.1 Å². The van der Waals surface area contributed by atoms with Gasteiger partial charge in [0, 0.05) is 6.20 Å². The summed E-state index contributed by atoms with van der Waals surface area (Å²) in [4.78, 5) is 24.9. The number of carboxylic acids is 2. The number of hydrogen-bond donors (Lipinski definition) is 4. The van der Waals surface area contributed by atoms with Gasteiger partial charge in [0.05, 0.1) is 5.69 Å². The highest BCUT2D eigenvalue weighted by Crippen LogP contribution is 2.24. The van der Waals surface area contributed by atoms with E-state index >= 15 is 0 Å². The molecule has 0 spiro atoms. The van der Waals surface area contributed by atoms with Crippen LogP contribution in [-0.2, 0) is 15.2 Å². The topological polar surface area (TPSA) is 128 Å². The van der Waals surface area contributed by atoms with Crippen LogP contribution in [0.4, 0.5) is 0 Å². The third-order valence-electron chi connectivity index (χ3n) is 2.01. The van der Waals surface area contributed by atoms with E-state index in [2.05, 4.69) is 4.98 Å². The maximum Gasteiger partial charge on any atom is 0.345 e. The number of aliphatic carboxylic acids is 2. The first-order chi connectivity index (χ1) is 7.40. The monoisotopic (exact) mass is 227 g/mol. The SMILES string of the molecule is O=C(O)C(O)C(O)(C(=O)O)c1ccccn1. The lowest BCUT2D eigenvalue weighted by Gasteiger charge is -2.25. The van der Waals surface area contributed by atoms with Crippen LogP contribution in [0.25, 0.3) is 0 Å². The Kier molecular flexibility index (Phi) is 3.21. The Hall–Kier alpha value is -1.99. The summed E-state index contributed by atoms with van der Waals surface area (Å²) in [6.45, 7) is 0. The fourth-order valence-electron chi connectivity index (χ4n) is 1.13. The third-order valence-corrected chi connectivity index (χ3v) is 2.01. The van der Waals surface area contributed by atoms with Crippen molar-refractivity contribution in [3.8, 4) is 0 Å². The maximum absolute atomic E-state index is 10.9. The van der Waals surface area contributed by atoms with Gasteiger partial charge >= 0.3 is 11.9 Å². The van der Waals surface area contributed by atoms with Crippen LogP contribution in [0.5, 0.6) is 0 Å². The Balaban J connectivity index is 3.28. The van der Waals surface area contributed by atoms with Crippen molar-refractivity contribution < 1.29 is 30.0 Å². The molecule has 0 aliphatic carbocycles. The van der Waals surface area contributed by atoms with Crippen LogP contribution in [0.2, 0.25) is 0 Å². The number of pyridine rings is 1. The Morgan fingerprint density at radius 1 is 1.31 bits per heavy atom. The zero-order chi connectivity index (χ0) is 12.3. The quantitative estimate of drug-likeness (QED) is 0.508. The molecule has 0 amide bonds. The van der Waals surface area contributed by atoms with Gasteiger partial charge in [-0.3, -0.25) is 4.98 Å². The van der Waals surface area contributed by atoms with Crippen molar-refractivity contribution in [2.24, 2.45) is 0 Å². The molecule has 86 valence electrons. The lowest BCUT2D eigenvalue weighted by molar-refractivity contribution is -0.185. The number of rotatable bonds is 4. The van der Waals surface area contributed by atoms with Crippen LogP contribution in [0.3, 0.4) is 0 Å². The highest BCUT2D eigenvalue weighted by Gasteiger charge is 2.50. The molecule has 1 heterocycles. The van der Waals surface area contributed by atoms with E-state index < -0.39 is 29.3 Å². The fraction of sp³-hybridized carbons (Fsp3) is 0.222. The predicted octanol–water partition coefficient (Wildman–Crippen LogP) is -1.20. The Morgan fingerprint density at radius 3 is 2.31 bits per heavy atom. The molecule has 1 rings (SSSR count). The van der Waals surface area contributed by atoms with Crippen molar-refractivity contribution in [1.29, 1.82) is 0 Å². The molecule has 0 bridgehead atoms. The molecule has 0 saturated heterocycles. The number of carboxylic acid groups (broad SMARTS) is 2. The molecule has 0 fully saturated rings. The molecule has 0 aromatic carbocycles. The summed E-state index contributed by atoms with van der Waals surface area (Å²) in [5.74, 6) is -3.74. The lowest BCUT2D eigenvalue weighted by atomic mass is 9.92. The molecule has 2 unspecified atom stereocenters. The summed E-state index contributed by atoms with van der Waals surface area (Å²) < 4.78 is 0. The van der Waals surface area contributed by atoms with Gasteiger partial charge in [0.2, 0.25) is 5.60 Å². The molecule has 4 N–H and O–H groups in total. The van der Waals surface area contributed by atoms with E-state index in [0.29, 0.717) is 0 Å². The minimum absolute atomic E-state index is 0.447. The van der Waals surface area contributed by atoms with E-state index in [0.717, 1.165) is 6.07 Å². The number of aliphatic hydroxyl groups is 2. The van der Waals surface area contributed by atoms with E-state index in [1.807, 2.05) is 0 Å². The fourth-order valence-corrected chi connectivity index (χ4v) is 1.13. The van der Waals surface area contributed by atoms with Crippen LogP contribution < -0.4 is 0 Å². The molecule has 1 aromatic heterocycles. The largest absolute Gasteiger partial charge is 0.479 e. The van der Waals surface area contributed by atoms with Crippen molar-refractivity contribution in [2.75, 3.05) is 0 Å². The van der Waals surface area contributed by atoms with Crippen molar-refractivity contribution in [2.45, 2.75) is 11.7 Å². The van der Waals surface area contributed by atoms with Crippen LogP contribution in [-0.4, -0.2) is 43.5 Å². The van der Waals surface area contributed by atoms with Gasteiger partial charge in [-0.25, -0.2) is 9.59 Å². The average Bonchev–Trinajstić information content (AvgIpc) is 2.27. The maximum atomic E-state index is 10.9. The predicted molar refractivity (Wildman–Crippen MR) is 49.4 cm³/mol. The Labute approximate surface area is 89.6 Å². The summed E-state index contributed by atoms with van der Waals surface area (Å²) in [7, 11) is 0. The number of aromatic nitrogens is 1. The molecule has 7 heteroatoms. The average molecular weight is 227 g/mol. The van der Waals surface area contributed by atoms with Gasteiger partial charge in [0.25, 0.3) is 0 Å². The summed E-state index contributed by atoms with van der Waals surface area (Å²) in [6.07, 6.45) is -1.32. The number of carbonyl (C=O) groups is 2. The summed E-state index contributed by atoms with van der Waals surface area (Å²) in [5.41, 5.74) is -3.41. The highest BCUT2D eigenvalue weighted by molar-refractivity contribution is 5.87. The smallest absolute Gasteiger partial charge is 0.345 e. The molecule has 1 aromatic rings. The zero-order valence-electron chi connectivity index (χ0n) is 7.94. The van der Waals surface area contributed by atoms with E-state index in [1.165, 1.54) is 18.3 Å². The molecule has 0 radical (unpaired) electrons. The molecule has 0 aliphatic rings. The summed E-state index contributed by atoms with van der Waals surface area (Å²) in [6, 6.07) is 3.93. The molecule has 7 nitrogen and oxygen atoms in total. The second kappa shape index (κ2) is 4.25. The van der Waals surface area contributed by atoms with Crippen LogP contribution in [0.1, 0.15) is 5.69 Å². The third kappa shape index (κ3) is 1.86. The minimum atomic E-state index is -2.97. The van der Waals surface area contributed by atoms with E-state index in [9.17, 15) is 19.8 Å². The van der Waals surface area contributed by atoms with Crippen LogP contribution in [0.15, 0.2) is 24.4 Å². The highest BCUT2D eigenvalue weighted by atomic mass is 16.4. The van der Waals surface area contributed by atoms with Gasteiger partial charge in [0.15, 0.2) is 6.10 Å². The Bertz CT molecular complexity index is 406. The van der Waals surface area contributed by atoms with E-state index in [4.69, 9.17) is 10.2 Å². The molecule has 0 aliphatic heterocycles. The van der Waals surface area contributed by atoms with E-state index in [-0.39, 0.29) is 0 Å². The molecular weight excluding hydrogens is 218 g/mol. The number of aliphatic hydroxyl groups excluding tert-OH is 1. The van der Waals surface area contributed by atoms with Gasteiger partial charge in [-0.1, -0.05) is 6.07 Å². The standard InChI is InChI=1S/C9H9NO6/c11-6(7(12)13)9(16,8(14)15)5-3-1-2-4-10-5/h1-4,6,11,16H,(H,12,13)(H,14,15). The van der Waals surface area contributed by atoms with Gasteiger partial charge in [-0.2, -0.15) is 0 Å². The van der Waals surface area contributed by atoms with Gasteiger partial charge in [-0.15, -0.1) is 0 Å². The lowest BCUT2D eigenvalue weighted by Crippen LogP contribution is -2.51. The molecular formula is C9H9NO6. The molecule has 16 heavy (non-hydrogen) atoms. The van der Waals surface area contributed by atoms with Crippen molar-refractivity contribution in [3.63, 3.8) is 0 Å². The van der Waals surface area contributed by atoms with Gasteiger partial charge in [0.1, 0.15) is 0 Å². The molecule has 0 saturated carbocycles. The summed E-state index contributed by atoms with van der Waals surface area (Å²) in [5, 5.41) is 36.2. The second-order valence-electron chi connectivity index (χ2n) is 3.03. The first-order valence-corrected chi connectivity index (χ1v) is 4.19. The normalized spacial score (nSPS) is 16.1. The second-order valence-corrected chi connectivity index (χ2v) is 3.03. The minimum Gasteiger partial charge on any atom is -0.479 e. The number of nitrogens with zero attached hydrogens (tertiary/aromatic N) is 1. The van der Waals surface area contributed by atoms with Crippen molar-refractivity contribution >= 4 is 11.9 Å². The van der Waals surface area contributed by atoms with Gasteiger partial charge < -0.3 is 20.4 Å².